The van der Waals surface area contributed by atoms with E-state index in [0.717, 1.165) is 0 Å². The third-order valence-electron chi connectivity index (χ3n) is 1.71. The first-order valence-electron chi connectivity index (χ1n) is 4.34. The average Bonchev–Trinajstić information content (AvgIpc) is 2.21. The summed E-state index contributed by atoms with van der Waals surface area (Å²) < 4.78 is 4.72. The Balaban J connectivity index is 0.00000225. The van der Waals surface area contributed by atoms with Gasteiger partial charge in [0.25, 0.3) is 0 Å². The van der Waals surface area contributed by atoms with E-state index in [4.69, 9.17) is 10.5 Å². The van der Waals surface area contributed by atoms with E-state index >= 15 is 0 Å². The third kappa shape index (κ3) is 4.01. The lowest BCUT2D eigenvalue weighted by Crippen LogP contribution is -2.39. The smallest absolute Gasteiger partial charge is 0.244 e. The molecule has 1 rings (SSSR count). The number of hydrogen-bond donors (Lipinski definition) is 3. The Labute approximate surface area is 99.2 Å². The highest BCUT2D eigenvalue weighted by Crippen LogP contribution is 2.17. The topological polar surface area (TPSA) is 97.5 Å². The van der Waals surface area contributed by atoms with Gasteiger partial charge in [-0.15, -0.1) is 12.4 Å². The summed E-state index contributed by atoms with van der Waals surface area (Å²) in [6.07, 6.45) is 1.46. The van der Waals surface area contributed by atoms with E-state index in [2.05, 4.69) is 10.3 Å². The molecule has 0 saturated heterocycles. The fourth-order valence-corrected chi connectivity index (χ4v) is 0.958. The lowest BCUT2D eigenvalue weighted by Gasteiger charge is -2.10. The van der Waals surface area contributed by atoms with Gasteiger partial charge in [0.1, 0.15) is 6.04 Å². The first kappa shape index (κ1) is 14.6. The number of nitrogens with zero attached hydrogens (tertiary/aromatic N) is 1. The Bertz CT molecular complexity index is 349. The van der Waals surface area contributed by atoms with Crippen LogP contribution in [0.4, 0.5) is 5.82 Å². The minimum absolute atomic E-state index is 0. The highest BCUT2D eigenvalue weighted by atomic mass is 35.5. The number of nitrogens with one attached hydrogen (secondary N) is 1. The standard InChI is InChI=1S/C9H13N3O3.ClH/c1-15-5-6(10)9(14)12-8-7(13)3-2-4-11-8;/h2-4,6,13H,5,10H2,1H3,(H,11,12,14);1H. The van der Waals surface area contributed by atoms with Crippen molar-refractivity contribution in [3.05, 3.63) is 18.3 Å². The molecule has 0 bridgehead atoms. The van der Waals surface area contributed by atoms with Gasteiger partial charge in [-0.1, -0.05) is 0 Å². The van der Waals surface area contributed by atoms with E-state index in [9.17, 15) is 9.90 Å². The molecule has 4 N–H and O–H groups in total. The van der Waals surface area contributed by atoms with E-state index < -0.39 is 11.9 Å². The Morgan fingerprint density at radius 1 is 1.75 bits per heavy atom. The monoisotopic (exact) mass is 247 g/mol. The number of amides is 1. The second-order valence-corrected chi connectivity index (χ2v) is 2.92. The zero-order chi connectivity index (χ0) is 11.3. The molecule has 0 aromatic carbocycles. The van der Waals surface area contributed by atoms with Crippen LogP contribution in [-0.4, -0.2) is 35.8 Å². The fraction of sp³-hybridized carbons (Fsp3) is 0.333. The summed E-state index contributed by atoms with van der Waals surface area (Å²) in [5, 5.41) is 11.7. The number of halogens is 1. The minimum atomic E-state index is -0.781. The largest absolute Gasteiger partial charge is 0.504 e. The number of nitrogens with two attached hydrogens (primary N) is 1. The van der Waals surface area contributed by atoms with Crippen LogP contribution in [0.3, 0.4) is 0 Å². The molecule has 1 unspecified atom stereocenters. The molecule has 1 heterocycles. The summed E-state index contributed by atoms with van der Waals surface area (Å²) in [6, 6.07) is 2.20. The number of ether oxygens (including phenoxy) is 1. The quantitative estimate of drug-likeness (QED) is 0.702. The van der Waals surface area contributed by atoms with E-state index in [1.165, 1.54) is 19.4 Å². The first-order chi connectivity index (χ1) is 7.15. The maximum atomic E-state index is 11.4. The third-order valence-corrected chi connectivity index (χ3v) is 1.71. The van der Waals surface area contributed by atoms with Crippen molar-refractivity contribution in [1.29, 1.82) is 0 Å². The number of rotatable bonds is 4. The van der Waals surface area contributed by atoms with Gasteiger partial charge in [0.05, 0.1) is 6.61 Å². The van der Waals surface area contributed by atoms with Crippen molar-refractivity contribution in [2.75, 3.05) is 19.0 Å². The highest BCUT2D eigenvalue weighted by Gasteiger charge is 2.14. The maximum absolute atomic E-state index is 11.4. The SMILES string of the molecule is COCC(N)C(=O)Nc1ncccc1O.Cl. The van der Waals surface area contributed by atoms with E-state index in [1.807, 2.05) is 0 Å². The minimum Gasteiger partial charge on any atom is -0.504 e. The van der Waals surface area contributed by atoms with Crippen LogP contribution in [0, 0.1) is 0 Å². The van der Waals surface area contributed by atoms with Gasteiger partial charge < -0.3 is 20.9 Å². The van der Waals surface area contributed by atoms with Gasteiger partial charge >= 0.3 is 0 Å². The van der Waals surface area contributed by atoms with Crippen LogP contribution in [0.1, 0.15) is 0 Å². The summed E-state index contributed by atoms with van der Waals surface area (Å²) in [4.78, 5) is 15.2. The molecule has 0 aliphatic heterocycles. The molecule has 0 aliphatic carbocycles. The molecule has 7 heteroatoms. The molecule has 6 nitrogen and oxygen atoms in total. The summed E-state index contributed by atoms with van der Waals surface area (Å²) >= 11 is 0. The maximum Gasteiger partial charge on any atom is 0.244 e. The van der Waals surface area contributed by atoms with Gasteiger partial charge in [-0.05, 0) is 12.1 Å². The number of carbonyl (C=O) groups excluding carboxylic acids is 1. The zero-order valence-corrected chi connectivity index (χ0v) is 9.53. The van der Waals surface area contributed by atoms with Crippen LogP contribution in [0.5, 0.6) is 5.75 Å². The van der Waals surface area contributed by atoms with E-state index in [0.29, 0.717) is 0 Å². The molecule has 0 saturated carbocycles. The number of hydrogen-bond acceptors (Lipinski definition) is 5. The molecule has 0 radical (unpaired) electrons. The van der Waals surface area contributed by atoms with Gasteiger partial charge in [0, 0.05) is 13.3 Å². The summed E-state index contributed by atoms with van der Waals surface area (Å²) in [6.45, 7) is 0.111. The van der Waals surface area contributed by atoms with Crippen LogP contribution in [-0.2, 0) is 9.53 Å². The molecular weight excluding hydrogens is 234 g/mol. The van der Waals surface area contributed by atoms with Crippen LogP contribution in [0.2, 0.25) is 0 Å². The Morgan fingerprint density at radius 3 is 3.00 bits per heavy atom. The lowest BCUT2D eigenvalue weighted by molar-refractivity contribution is -0.118. The van der Waals surface area contributed by atoms with Crippen molar-refractivity contribution in [2.45, 2.75) is 6.04 Å². The fourth-order valence-electron chi connectivity index (χ4n) is 0.958. The van der Waals surface area contributed by atoms with Crippen LogP contribution >= 0.6 is 12.4 Å². The summed E-state index contributed by atoms with van der Waals surface area (Å²) in [5.41, 5.74) is 5.48. The number of pyridine rings is 1. The molecule has 0 aliphatic rings. The zero-order valence-electron chi connectivity index (χ0n) is 8.71. The molecule has 0 spiro atoms. The summed E-state index contributed by atoms with van der Waals surface area (Å²) in [5.74, 6) is -0.463. The molecule has 0 fully saturated rings. The Kier molecular flexibility index (Phi) is 6.40. The highest BCUT2D eigenvalue weighted by molar-refractivity contribution is 5.94. The normalized spacial score (nSPS) is 11.4. The predicted molar refractivity (Wildman–Crippen MR) is 61.6 cm³/mol. The van der Waals surface area contributed by atoms with Crippen molar-refractivity contribution in [1.82, 2.24) is 4.98 Å². The first-order valence-corrected chi connectivity index (χ1v) is 4.34. The van der Waals surface area contributed by atoms with Crippen molar-refractivity contribution >= 4 is 24.1 Å². The second kappa shape index (κ2) is 7.00. The molecule has 1 aromatic heterocycles. The number of methoxy groups -OCH3 is 1. The molecule has 90 valence electrons. The van der Waals surface area contributed by atoms with Crippen LogP contribution in [0.25, 0.3) is 0 Å². The number of carbonyl (C=O) groups is 1. The molecule has 1 amide bonds. The van der Waals surface area contributed by atoms with E-state index in [1.54, 1.807) is 6.07 Å². The van der Waals surface area contributed by atoms with Crippen molar-refractivity contribution in [2.24, 2.45) is 5.73 Å². The lowest BCUT2D eigenvalue weighted by atomic mass is 10.3. The average molecular weight is 248 g/mol. The molecule has 16 heavy (non-hydrogen) atoms. The Morgan fingerprint density at radius 2 is 2.44 bits per heavy atom. The van der Waals surface area contributed by atoms with Gasteiger partial charge in [0.2, 0.25) is 5.91 Å². The Hall–Kier alpha value is -1.37. The molecule has 1 atom stereocenters. The second-order valence-electron chi connectivity index (χ2n) is 2.92. The number of aromatic hydroxyl groups is 1. The van der Waals surface area contributed by atoms with Gasteiger partial charge in [-0.3, -0.25) is 4.79 Å². The molecular formula is C9H14ClN3O3. The summed E-state index contributed by atoms with van der Waals surface area (Å²) in [7, 11) is 1.45. The van der Waals surface area contributed by atoms with Gasteiger partial charge in [-0.25, -0.2) is 4.98 Å². The van der Waals surface area contributed by atoms with Crippen molar-refractivity contribution < 1.29 is 14.6 Å². The van der Waals surface area contributed by atoms with Gasteiger partial charge in [-0.2, -0.15) is 0 Å². The van der Waals surface area contributed by atoms with Crippen molar-refractivity contribution in [3.8, 4) is 5.75 Å². The number of anilines is 1. The van der Waals surface area contributed by atoms with E-state index in [-0.39, 0.29) is 30.6 Å². The molecule has 1 aromatic rings. The van der Waals surface area contributed by atoms with Crippen LogP contribution in [0.15, 0.2) is 18.3 Å². The predicted octanol–water partition coefficient (Wildman–Crippen LogP) is 0.121. The van der Waals surface area contributed by atoms with Gasteiger partial charge in [0.15, 0.2) is 11.6 Å². The van der Waals surface area contributed by atoms with Crippen molar-refractivity contribution in [3.63, 3.8) is 0 Å². The van der Waals surface area contributed by atoms with Crippen LogP contribution < -0.4 is 11.1 Å². The number of aromatic nitrogens is 1.